The highest BCUT2D eigenvalue weighted by molar-refractivity contribution is 6.30. The molecule has 0 saturated carbocycles. The molecule has 0 fully saturated rings. The lowest BCUT2D eigenvalue weighted by Crippen LogP contribution is -2.17. The van der Waals surface area contributed by atoms with Crippen molar-refractivity contribution in [2.24, 2.45) is 5.10 Å². The Kier molecular flexibility index (Phi) is 7.56. The lowest BCUT2D eigenvalue weighted by molar-refractivity contribution is -0.129. The van der Waals surface area contributed by atoms with Crippen LogP contribution in [0.15, 0.2) is 84.0 Å². The van der Waals surface area contributed by atoms with Gasteiger partial charge in [-0.25, -0.2) is 10.2 Å². The second-order valence-corrected chi connectivity index (χ2v) is 6.72. The van der Waals surface area contributed by atoms with Crippen LogP contribution >= 0.6 is 11.6 Å². The number of nitrogens with one attached hydrogen (secondary N) is 1. The molecule has 31 heavy (non-hydrogen) atoms. The van der Waals surface area contributed by atoms with E-state index in [1.54, 1.807) is 48.5 Å². The summed E-state index contributed by atoms with van der Waals surface area (Å²) in [6, 6.07) is 20.9. The molecule has 0 radical (unpaired) electrons. The molecule has 0 spiro atoms. The number of benzene rings is 3. The van der Waals surface area contributed by atoms with Gasteiger partial charge in [0.05, 0.1) is 13.3 Å². The van der Waals surface area contributed by atoms with E-state index in [1.807, 2.05) is 30.3 Å². The standard InChI is InChI=1S/C24H19ClN2O4/c1-30-22-14-18(16-26-27-24(29)19-8-5-9-20(25)15-19)10-12-21(22)31-23(28)13-11-17-6-3-2-4-7-17/h2-16H,1H3,(H,27,29)/b13-11+,26-16+. The molecule has 3 aromatic carbocycles. The minimum Gasteiger partial charge on any atom is -0.493 e. The van der Waals surface area contributed by atoms with Gasteiger partial charge in [0.15, 0.2) is 11.5 Å². The van der Waals surface area contributed by atoms with Gasteiger partial charge in [0, 0.05) is 16.7 Å². The van der Waals surface area contributed by atoms with Gasteiger partial charge < -0.3 is 9.47 Å². The second kappa shape index (κ2) is 10.8. The SMILES string of the molecule is COc1cc(/C=N/NC(=O)c2cccc(Cl)c2)ccc1OC(=O)/C=C/c1ccccc1. The highest BCUT2D eigenvalue weighted by Gasteiger charge is 2.09. The molecule has 0 aliphatic rings. The minimum atomic E-state index is -0.530. The highest BCUT2D eigenvalue weighted by Crippen LogP contribution is 2.27. The Morgan fingerprint density at radius 2 is 1.74 bits per heavy atom. The van der Waals surface area contributed by atoms with Gasteiger partial charge in [-0.15, -0.1) is 0 Å². The summed E-state index contributed by atoms with van der Waals surface area (Å²) < 4.78 is 10.6. The summed E-state index contributed by atoms with van der Waals surface area (Å²) in [4.78, 5) is 24.2. The fourth-order valence-corrected chi connectivity index (χ4v) is 2.77. The van der Waals surface area contributed by atoms with E-state index >= 15 is 0 Å². The highest BCUT2D eigenvalue weighted by atomic mass is 35.5. The number of hydrazone groups is 1. The van der Waals surface area contributed by atoms with Crippen LogP contribution < -0.4 is 14.9 Å². The molecule has 0 aliphatic carbocycles. The first-order chi connectivity index (χ1) is 15.0. The second-order valence-electron chi connectivity index (χ2n) is 6.28. The maximum atomic E-state index is 12.1. The zero-order valence-electron chi connectivity index (χ0n) is 16.6. The molecule has 156 valence electrons. The number of rotatable bonds is 7. The van der Waals surface area contributed by atoms with Crippen LogP contribution in [-0.2, 0) is 4.79 Å². The van der Waals surface area contributed by atoms with Crippen LogP contribution in [0.2, 0.25) is 5.02 Å². The summed E-state index contributed by atoms with van der Waals surface area (Å²) >= 11 is 5.88. The van der Waals surface area contributed by atoms with Crippen LogP contribution in [0.1, 0.15) is 21.5 Å². The number of halogens is 1. The Bertz CT molecular complexity index is 1130. The van der Waals surface area contributed by atoms with E-state index in [4.69, 9.17) is 21.1 Å². The number of carbonyl (C=O) groups is 2. The third-order valence-corrected chi connectivity index (χ3v) is 4.31. The zero-order valence-corrected chi connectivity index (χ0v) is 17.4. The predicted octanol–water partition coefficient (Wildman–Crippen LogP) is 4.73. The van der Waals surface area contributed by atoms with E-state index in [2.05, 4.69) is 10.5 Å². The van der Waals surface area contributed by atoms with Gasteiger partial charge in [-0.3, -0.25) is 4.79 Å². The predicted molar refractivity (Wildman–Crippen MR) is 121 cm³/mol. The van der Waals surface area contributed by atoms with E-state index in [-0.39, 0.29) is 11.7 Å². The van der Waals surface area contributed by atoms with E-state index in [9.17, 15) is 9.59 Å². The molecule has 3 aromatic rings. The molecule has 0 saturated heterocycles. The van der Waals surface area contributed by atoms with Crippen molar-refractivity contribution in [1.82, 2.24) is 5.43 Å². The Hall–Kier alpha value is -3.90. The molecule has 6 nitrogen and oxygen atoms in total. The average Bonchev–Trinajstić information content (AvgIpc) is 2.79. The van der Waals surface area contributed by atoms with Crippen molar-refractivity contribution in [1.29, 1.82) is 0 Å². The molecule has 1 amide bonds. The smallest absolute Gasteiger partial charge is 0.336 e. The molecule has 0 aromatic heterocycles. The normalized spacial score (nSPS) is 10.9. The Labute approximate surface area is 184 Å². The molecule has 0 aliphatic heterocycles. The first-order valence-corrected chi connectivity index (χ1v) is 9.65. The van der Waals surface area contributed by atoms with Gasteiger partial charge in [-0.2, -0.15) is 5.10 Å². The quantitative estimate of drug-likeness (QED) is 0.192. The number of nitrogens with zero attached hydrogens (tertiary/aromatic N) is 1. The maximum Gasteiger partial charge on any atom is 0.336 e. The van der Waals surface area contributed by atoms with Crippen molar-refractivity contribution in [2.75, 3.05) is 7.11 Å². The van der Waals surface area contributed by atoms with Crippen LogP contribution in [0.3, 0.4) is 0 Å². The Morgan fingerprint density at radius 3 is 2.48 bits per heavy atom. The Balaban J connectivity index is 1.62. The number of hydrogen-bond donors (Lipinski definition) is 1. The third-order valence-electron chi connectivity index (χ3n) is 4.08. The average molecular weight is 435 g/mol. The van der Waals surface area contributed by atoms with Crippen molar-refractivity contribution in [3.8, 4) is 11.5 Å². The van der Waals surface area contributed by atoms with Gasteiger partial charge in [0.1, 0.15) is 0 Å². The van der Waals surface area contributed by atoms with Crippen LogP contribution in [0, 0.1) is 0 Å². The molecule has 0 heterocycles. The van der Waals surface area contributed by atoms with E-state index < -0.39 is 5.97 Å². The van der Waals surface area contributed by atoms with E-state index in [0.29, 0.717) is 21.9 Å². The molecule has 1 N–H and O–H groups in total. The lowest BCUT2D eigenvalue weighted by Gasteiger charge is -2.08. The van der Waals surface area contributed by atoms with Crippen molar-refractivity contribution in [3.05, 3.63) is 101 Å². The van der Waals surface area contributed by atoms with Gasteiger partial charge in [0.2, 0.25) is 0 Å². The maximum absolute atomic E-state index is 12.1. The fraction of sp³-hybridized carbons (Fsp3) is 0.0417. The van der Waals surface area contributed by atoms with E-state index in [1.165, 1.54) is 19.4 Å². The summed E-state index contributed by atoms with van der Waals surface area (Å²) in [7, 11) is 1.47. The van der Waals surface area contributed by atoms with Crippen LogP contribution in [0.4, 0.5) is 0 Å². The third kappa shape index (κ3) is 6.55. The fourth-order valence-electron chi connectivity index (χ4n) is 2.58. The summed E-state index contributed by atoms with van der Waals surface area (Å²) in [6.45, 7) is 0. The molecule has 0 atom stereocenters. The summed E-state index contributed by atoms with van der Waals surface area (Å²) in [6.07, 6.45) is 4.46. The summed E-state index contributed by atoms with van der Waals surface area (Å²) in [5.41, 5.74) is 4.35. The monoisotopic (exact) mass is 434 g/mol. The number of hydrogen-bond acceptors (Lipinski definition) is 5. The first kappa shape index (κ1) is 21.8. The molecule has 7 heteroatoms. The molecule has 3 rings (SSSR count). The molecular formula is C24H19ClN2O4. The topological polar surface area (TPSA) is 77.0 Å². The summed E-state index contributed by atoms with van der Waals surface area (Å²) in [5, 5.41) is 4.40. The molecule has 0 bridgehead atoms. The number of carbonyl (C=O) groups excluding carboxylic acids is 2. The van der Waals surface area contributed by atoms with Gasteiger partial charge in [0.25, 0.3) is 5.91 Å². The number of ether oxygens (including phenoxy) is 2. The van der Waals surface area contributed by atoms with Gasteiger partial charge in [-0.1, -0.05) is 48.0 Å². The summed E-state index contributed by atoms with van der Waals surface area (Å²) in [5.74, 6) is -0.296. The molecular weight excluding hydrogens is 416 g/mol. The number of esters is 1. The van der Waals surface area contributed by atoms with Gasteiger partial charge in [-0.05, 0) is 53.6 Å². The van der Waals surface area contributed by atoms with Crippen molar-refractivity contribution >= 4 is 35.8 Å². The van der Waals surface area contributed by atoms with Crippen LogP contribution in [0.5, 0.6) is 11.5 Å². The first-order valence-electron chi connectivity index (χ1n) is 9.27. The number of amides is 1. The lowest BCUT2D eigenvalue weighted by atomic mass is 10.2. The van der Waals surface area contributed by atoms with Crippen molar-refractivity contribution in [3.63, 3.8) is 0 Å². The van der Waals surface area contributed by atoms with E-state index in [0.717, 1.165) is 5.56 Å². The van der Waals surface area contributed by atoms with Crippen molar-refractivity contribution < 1.29 is 19.1 Å². The number of methoxy groups -OCH3 is 1. The minimum absolute atomic E-state index is 0.269. The van der Waals surface area contributed by atoms with Crippen LogP contribution in [0.25, 0.3) is 6.08 Å². The Morgan fingerprint density at radius 1 is 0.935 bits per heavy atom. The van der Waals surface area contributed by atoms with Crippen LogP contribution in [-0.4, -0.2) is 25.2 Å². The zero-order chi connectivity index (χ0) is 22.1. The van der Waals surface area contributed by atoms with Gasteiger partial charge >= 0.3 is 5.97 Å². The van der Waals surface area contributed by atoms with Crippen molar-refractivity contribution in [2.45, 2.75) is 0 Å². The largest absolute Gasteiger partial charge is 0.493 e. The molecule has 0 unspecified atom stereocenters.